The van der Waals surface area contributed by atoms with E-state index in [-0.39, 0.29) is 46.4 Å². The Morgan fingerprint density at radius 3 is 1.29 bits per heavy atom. The quantitative estimate of drug-likeness (QED) is 0.442. The standard InChI is InChI=1S/2C14H17NO2/c2*1-13(2)10-6-5-7-11(16)14(10,3)8-9(15-4)12(13)17/h2*8,10H,5-7H2,1-3H3/t10-,14+;10-,14-/m10/s1. The number of carbonyl (C=O) groups excluding carboxylic acids is 4. The third-order valence-corrected chi connectivity index (χ3v) is 8.93. The van der Waals surface area contributed by atoms with Crippen molar-refractivity contribution in [3.05, 3.63) is 46.4 Å². The zero-order valence-corrected chi connectivity index (χ0v) is 21.1. The van der Waals surface area contributed by atoms with E-state index in [4.69, 9.17) is 13.1 Å². The van der Waals surface area contributed by atoms with Crippen molar-refractivity contribution in [1.29, 1.82) is 0 Å². The van der Waals surface area contributed by atoms with Crippen LogP contribution in [0.5, 0.6) is 0 Å². The van der Waals surface area contributed by atoms with Gasteiger partial charge in [0.25, 0.3) is 0 Å². The highest BCUT2D eigenvalue weighted by Gasteiger charge is 2.56. The number of carbonyl (C=O) groups is 4. The normalized spacial score (nSPS) is 35.9. The maximum absolute atomic E-state index is 12.2. The van der Waals surface area contributed by atoms with Crippen LogP contribution in [0.2, 0.25) is 0 Å². The van der Waals surface area contributed by atoms with Gasteiger partial charge in [0.1, 0.15) is 11.6 Å². The van der Waals surface area contributed by atoms with Crippen molar-refractivity contribution in [3.63, 3.8) is 0 Å². The summed E-state index contributed by atoms with van der Waals surface area (Å²) in [6.07, 6.45) is 7.89. The van der Waals surface area contributed by atoms with Crippen LogP contribution in [-0.4, -0.2) is 23.1 Å². The Morgan fingerprint density at radius 1 is 0.676 bits per heavy atom. The average Bonchev–Trinajstić information content (AvgIpc) is 2.77. The highest BCUT2D eigenvalue weighted by molar-refractivity contribution is 6.06. The van der Waals surface area contributed by atoms with Crippen molar-refractivity contribution in [2.75, 3.05) is 0 Å². The van der Waals surface area contributed by atoms with Crippen molar-refractivity contribution in [3.8, 4) is 0 Å². The maximum atomic E-state index is 12.2. The molecular formula is C28H34N2O4. The first-order valence-corrected chi connectivity index (χ1v) is 12.0. The van der Waals surface area contributed by atoms with Crippen molar-refractivity contribution in [2.45, 2.75) is 80.1 Å². The van der Waals surface area contributed by atoms with Crippen LogP contribution < -0.4 is 0 Å². The Balaban J connectivity index is 0.000000191. The summed E-state index contributed by atoms with van der Waals surface area (Å²) in [6.45, 7) is 25.4. The number of Topliss-reactive ketones (excluding diaryl/α,β-unsaturated/α-hetero) is 4. The van der Waals surface area contributed by atoms with Gasteiger partial charge < -0.3 is 9.59 Å². The van der Waals surface area contributed by atoms with Gasteiger partial charge in [-0.25, -0.2) is 9.69 Å². The monoisotopic (exact) mass is 462 g/mol. The predicted octanol–water partition coefficient (Wildman–Crippen LogP) is 5.55. The van der Waals surface area contributed by atoms with Gasteiger partial charge in [0.05, 0.1) is 13.1 Å². The number of rotatable bonds is 0. The first-order chi connectivity index (χ1) is 15.7. The molecule has 4 aliphatic carbocycles. The molecule has 0 spiro atoms. The lowest BCUT2D eigenvalue weighted by atomic mass is 9.53. The number of nitrogens with zero attached hydrogens (tertiary/aromatic N) is 2. The van der Waals surface area contributed by atoms with Crippen molar-refractivity contribution in [2.24, 2.45) is 33.5 Å². The van der Waals surface area contributed by atoms with E-state index in [2.05, 4.69) is 9.69 Å². The lowest BCUT2D eigenvalue weighted by Crippen LogP contribution is -2.51. The Labute approximate surface area is 202 Å². The molecule has 0 aliphatic heterocycles. The molecule has 0 aromatic carbocycles. The molecule has 4 atom stereocenters. The molecular weight excluding hydrogens is 428 g/mol. The van der Waals surface area contributed by atoms with E-state index in [1.165, 1.54) is 0 Å². The van der Waals surface area contributed by atoms with Gasteiger partial charge in [0.2, 0.25) is 11.4 Å². The fraction of sp³-hybridized carbons (Fsp3) is 0.643. The van der Waals surface area contributed by atoms with Gasteiger partial charge in [0, 0.05) is 34.5 Å². The molecule has 0 heterocycles. The fourth-order valence-corrected chi connectivity index (χ4v) is 6.89. The van der Waals surface area contributed by atoms with E-state index in [1.54, 1.807) is 12.2 Å². The summed E-state index contributed by atoms with van der Waals surface area (Å²) in [5.74, 6) is 0.212. The molecule has 34 heavy (non-hydrogen) atoms. The van der Waals surface area contributed by atoms with E-state index < -0.39 is 21.7 Å². The zero-order chi connectivity index (χ0) is 25.7. The summed E-state index contributed by atoms with van der Waals surface area (Å²) < 4.78 is 0. The van der Waals surface area contributed by atoms with Gasteiger partial charge in [-0.15, -0.1) is 0 Å². The second-order valence-corrected chi connectivity index (χ2v) is 11.7. The highest BCUT2D eigenvalue weighted by Crippen LogP contribution is 2.54. The van der Waals surface area contributed by atoms with Crippen LogP contribution in [0.1, 0.15) is 80.1 Å². The van der Waals surface area contributed by atoms with E-state index in [0.29, 0.717) is 12.8 Å². The Hall–Kier alpha value is -2.86. The molecule has 0 amide bonds. The zero-order valence-electron chi connectivity index (χ0n) is 21.1. The third kappa shape index (κ3) is 3.68. The lowest BCUT2D eigenvalue weighted by Gasteiger charge is -2.49. The first kappa shape index (κ1) is 25.8. The van der Waals surface area contributed by atoms with Crippen LogP contribution in [0.4, 0.5) is 0 Å². The van der Waals surface area contributed by atoms with E-state index in [9.17, 15) is 19.2 Å². The largest absolute Gasteiger partial charge is 0.307 e. The van der Waals surface area contributed by atoms with Gasteiger partial charge in [-0.3, -0.25) is 9.59 Å². The molecule has 4 aliphatic rings. The topological polar surface area (TPSA) is 77.0 Å². The smallest absolute Gasteiger partial charge is 0.226 e. The van der Waals surface area contributed by atoms with Crippen LogP contribution in [0.15, 0.2) is 23.5 Å². The first-order valence-electron chi connectivity index (χ1n) is 12.0. The van der Waals surface area contributed by atoms with E-state index in [0.717, 1.165) is 25.7 Å². The van der Waals surface area contributed by atoms with Gasteiger partial charge >= 0.3 is 0 Å². The molecule has 0 unspecified atom stereocenters. The lowest BCUT2D eigenvalue weighted by molar-refractivity contribution is -0.142. The molecule has 0 aromatic heterocycles. The van der Waals surface area contributed by atoms with Crippen LogP contribution in [0.25, 0.3) is 9.69 Å². The Bertz CT molecular complexity index is 1020. The third-order valence-electron chi connectivity index (χ3n) is 8.93. The highest BCUT2D eigenvalue weighted by atomic mass is 16.1. The number of ketones is 4. The minimum atomic E-state index is -0.616. The maximum Gasteiger partial charge on any atom is 0.226 e. The summed E-state index contributed by atoms with van der Waals surface area (Å²) in [5.41, 5.74) is -2.14. The average molecular weight is 463 g/mol. The van der Waals surface area contributed by atoms with E-state index >= 15 is 0 Å². The van der Waals surface area contributed by atoms with E-state index in [1.807, 2.05) is 41.5 Å². The van der Waals surface area contributed by atoms with Crippen molar-refractivity contribution < 1.29 is 19.2 Å². The SMILES string of the molecule is [C-]#[N+]C1=C[C@]2(C)C(=O)CCC[C@@H]2C(C)(C)C1=O.[C-]#[N+]C1=C[C@]2(C)C(=O)CCC[C@H]2C(C)(C)C1=O. The number of hydrogen-bond donors (Lipinski definition) is 0. The second kappa shape index (κ2) is 8.42. The summed E-state index contributed by atoms with van der Waals surface area (Å²) in [6, 6.07) is 0. The van der Waals surface area contributed by atoms with Gasteiger partial charge in [-0.05, 0) is 51.4 Å². The molecule has 0 saturated heterocycles. The molecule has 180 valence electrons. The fourth-order valence-electron chi connectivity index (χ4n) is 6.89. The molecule has 0 N–H and O–H groups in total. The van der Waals surface area contributed by atoms with Crippen molar-refractivity contribution in [1.82, 2.24) is 0 Å². The summed E-state index contributed by atoms with van der Waals surface area (Å²) in [4.78, 5) is 55.3. The predicted molar refractivity (Wildman–Crippen MR) is 128 cm³/mol. The number of allylic oxidation sites excluding steroid dienone is 4. The summed E-state index contributed by atoms with van der Waals surface area (Å²) in [5, 5.41) is 0. The van der Waals surface area contributed by atoms with Crippen LogP contribution in [0.3, 0.4) is 0 Å². The minimum absolute atomic E-state index is 0.0363. The van der Waals surface area contributed by atoms with Crippen LogP contribution >= 0.6 is 0 Å². The van der Waals surface area contributed by atoms with Crippen molar-refractivity contribution >= 4 is 23.1 Å². The number of hydrogen-bond acceptors (Lipinski definition) is 4. The molecule has 6 heteroatoms. The summed E-state index contributed by atoms with van der Waals surface area (Å²) >= 11 is 0. The van der Waals surface area contributed by atoms with Gasteiger partial charge in [0.15, 0.2) is 11.6 Å². The molecule has 0 radical (unpaired) electrons. The van der Waals surface area contributed by atoms with Crippen LogP contribution in [0, 0.1) is 46.6 Å². The minimum Gasteiger partial charge on any atom is -0.307 e. The molecule has 0 aromatic rings. The van der Waals surface area contributed by atoms with Crippen LogP contribution in [-0.2, 0) is 19.2 Å². The van der Waals surface area contributed by atoms with Gasteiger partial charge in [-0.1, -0.05) is 39.8 Å². The summed E-state index contributed by atoms with van der Waals surface area (Å²) in [7, 11) is 0. The number of fused-ring (bicyclic) bond motifs is 2. The molecule has 2 saturated carbocycles. The molecule has 6 nitrogen and oxygen atoms in total. The molecule has 0 bridgehead atoms. The Kier molecular flexibility index (Phi) is 6.38. The molecule has 2 fully saturated rings. The molecule has 4 rings (SSSR count). The van der Waals surface area contributed by atoms with Gasteiger partial charge in [-0.2, -0.15) is 0 Å². The Morgan fingerprint density at radius 2 is 1.00 bits per heavy atom. The second-order valence-electron chi connectivity index (χ2n) is 11.7.